The van der Waals surface area contributed by atoms with Crippen LogP contribution in [-0.4, -0.2) is 47.8 Å². The number of rotatable bonds is 12. The number of aliphatic hydroxyl groups is 2. The van der Waals surface area contributed by atoms with Crippen molar-refractivity contribution in [2.75, 3.05) is 19.8 Å². The molecule has 3 N–H and O–H groups in total. The van der Waals surface area contributed by atoms with Crippen molar-refractivity contribution >= 4 is 23.0 Å². The van der Waals surface area contributed by atoms with Crippen LogP contribution in [-0.2, 0) is 17.6 Å². The van der Waals surface area contributed by atoms with E-state index in [1.165, 1.54) is 10.4 Å². The minimum Gasteiger partial charge on any atom is -0.490 e. The lowest BCUT2D eigenvalue weighted by Gasteiger charge is -2.17. The molecule has 6 nitrogen and oxygen atoms in total. The van der Waals surface area contributed by atoms with Gasteiger partial charge in [-0.2, -0.15) is 0 Å². The quantitative estimate of drug-likeness (QED) is 0.405. The summed E-state index contributed by atoms with van der Waals surface area (Å²) in [4.78, 5) is 26.2. The van der Waals surface area contributed by atoms with Gasteiger partial charge < -0.3 is 20.3 Å². The Morgan fingerprint density at radius 3 is 2.33 bits per heavy atom. The van der Waals surface area contributed by atoms with Gasteiger partial charge in [0, 0.05) is 17.8 Å². The summed E-state index contributed by atoms with van der Waals surface area (Å²) >= 11 is 1.62. The Labute approximate surface area is 201 Å². The molecule has 2 rings (SSSR count). The minimum atomic E-state index is -0.880. The zero-order chi connectivity index (χ0) is 24.7. The van der Waals surface area contributed by atoms with Gasteiger partial charge in [-0.05, 0) is 74.3 Å². The normalized spacial score (nSPS) is 12.2. The van der Waals surface area contributed by atoms with Gasteiger partial charge >= 0.3 is 0 Å². The van der Waals surface area contributed by atoms with Crippen LogP contribution in [0.25, 0.3) is 0 Å². The summed E-state index contributed by atoms with van der Waals surface area (Å²) in [5.41, 5.74) is 5.42. The number of hydrogen-bond donors (Lipinski definition) is 3. The number of hydrogen-bond acceptors (Lipinski definition) is 6. The van der Waals surface area contributed by atoms with Crippen LogP contribution < -0.4 is 10.1 Å². The Kier molecular flexibility index (Phi) is 10.1. The highest BCUT2D eigenvalue weighted by Crippen LogP contribution is 2.31. The second kappa shape index (κ2) is 12.3. The standard InChI is InChI=1S/C26H37NO5S/c1-15(2)9-22-18(5)26(33-19(22)6)23(30)8-7-20-10-16(3)25(17(4)11-20)32-14-21(29)12-27-24(31)13-28/h10-11,15,21,28-29H,7-9,12-14H2,1-6H3,(H,27,31)/t21-/m1/s1. The van der Waals surface area contributed by atoms with E-state index < -0.39 is 18.6 Å². The predicted octanol–water partition coefficient (Wildman–Crippen LogP) is 3.84. The largest absolute Gasteiger partial charge is 0.490 e. The third kappa shape index (κ3) is 7.66. The highest BCUT2D eigenvalue weighted by Gasteiger charge is 2.19. The lowest BCUT2D eigenvalue weighted by molar-refractivity contribution is -0.124. The molecule has 7 heteroatoms. The van der Waals surface area contributed by atoms with E-state index in [1.807, 2.05) is 26.0 Å². The number of thiophene rings is 1. The first-order chi connectivity index (χ1) is 15.5. The highest BCUT2D eigenvalue weighted by molar-refractivity contribution is 7.14. The number of amides is 1. The van der Waals surface area contributed by atoms with E-state index in [0.717, 1.165) is 33.6 Å². The summed E-state index contributed by atoms with van der Waals surface area (Å²) in [5, 5.41) is 21.1. The van der Waals surface area contributed by atoms with E-state index in [9.17, 15) is 14.7 Å². The van der Waals surface area contributed by atoms with E-state index in [0.29, 0.717) is 24.5 Å². The zero-order valence-corrected chi connectivity index (χ0v) is 21.4. The summed E-state index contributed by atoms with van der Waals surface area (Å²) in [7, 11) is 0. The molecular weight excluding hydrogens is 438 g/mol. The number of benzene rings is 1. The molecule has 1 heterocycles. The van der Waals surface area contributed by atoms with Gasteiger partial charge in [-0.25, -0.2) is 0 Å². The predicted molar refractivity (Wildman–Crippen MR) is 132 cm³/mol. The van der Waals surface area contributed by atoms with Crippen LogP contribution in [0.5, 0.6) is 5.75 Å². The summed E-state index contributed by atoms with van der Waals surface area (Å²) in [5.74, 6) is 0.913. The Bertz CT molecular complexity index is 956. The molecular formula is C26H37NO5S. The fourth-order valence-corrected chi connectivity index (χ4v) is 5.13. The van der Waals surface area contributed by atoms with Crippen LogP contribution in [0.4, 0.5) is 0 Å². The van der Waals surface area contributed by atoms with Crippen LogP contribution >= 0.6 is 11.3 Å². The Hall–Kier alpha value is -2.22. The van der Waals surface area contributed by atoms with E-state index in [1.54, 1.807) is 11.3 Å². The summed E-state index contributed by atoms with van der Waals surface area (Å²) < 4.78 is 5.78. The fourth-order valence-electron chi connectivity index (χ4n) is 3.97. The molecule has 1 aromatic heterocycles. The first kappa shape index (κ1) is 27.0. The monoisotopic (exact) mass is 475 g/mol. The molecule has 1 aromatic carbocycles. The minimum absolute atomic E-state index is 0.0121. The average molecular weight is 476 g/mol. The first-order valence-electron chi connectivity index (χ1n) is 11.4. The maximum Gasteiger partial charge on any atom is 0.245 e. The van der Waals surface area contributed by atoms with Gasteiger partial charge in [0.1, 0.15) is 25.1 Å². The maximum absolute atomic E-state index is 12.9. The molecule has 0 aliphatic heterocycles. The number of ether oxygens (including phenoxy) is 1. The van der Waals surface area contributed by atoms with Crippen molar-refractivity contribution in [3.05, 3.63) is 49.7 Å². The molecule has 0 fully saturated rings. The van der Waals surface area contributed by atoms with Gasteiger partial charge in [-0.3, -0.25) is 9.59 Å². The van der Waals surface area contributed by atoms with E-state index in [4.69, 9.17) is 9.84 Å². The number of nitrogens with one attached hydrogen (secondary N) is 1. The van der Waals surface area contributed by atoms with Gasteiger partial charge in [-0.1, -0.05) is 26.0 Å². The van der Waals surface area contributed by atoms with Crippen molar-refractivity contribution in [1.29, 1.82) is 0 Å². The highest BCUT2D eigenvalue weighted by atomic mass is 32.1. The van der Waals surface area contributed by atoms with Crippen molar-refractivity contribution in [3.8, 4) is 5.75 Å². The molecule has 0 unspecified atom stereocenters. The summed E-state index contributed by atoms with van der Waals surface area (Å²) in [6.45, 7) is 11.9. The molecule has 0 saturated carbocycles. The third-order valence-corrected chi connectivity index (χ3v) is 6.89. The lowest BCUT2D eigenvalue weighted by Crippen LogP contribution is -2.36. The van der Waals surface area contributed by atoms with Gasteiger partial charge in [0.2, 0.25) is 5.91 Å². The van der Waals surface area contributed by atoms with Crippen LogP contribution in [0.3, 0.4) is 0 Å². The molecule has 0 aliphatic carbocycles. The topological polar surface area (TPSA) is 95.9 Å². The van der Waals surface area contributed by atoms with Gasteiger partial charge in [0.25, 0.3) is 0 Å². The lowest BCUT2D eigenvalue weighted by atomic mass is 9.97. The van der Waals surface area contributed by atoms with Crippen molar-refractivity contribution in [2.45, 2.75) is 66.9 Å². The van der Waals surface area contributed by atoms with E-state index in [-0.39, 0.29) is 18.9 Å². The SMILES string of the molecule is Cc1cc(CCC(=O)c2sc(C)c(CC(C)C)c2C)cc(C)c1OC[C@H](O)CNC(=O)CO. The first-order valence-corrected chi connectivity index (χ1v) is 12.3. The molecule has 0 radical (unpaired) electrons. The van der Waals surface area contributed by atoms with Crippen molar-refractivity contribution in [2.24, 2.45) is 5.92 Å². The second-order valence-electron chi connectivity index (χ2n) is 9.10. The van der Waals surface area contributed by atoms with Crippen LogP contribution in [0, 0.1) is 33.6 Å². The Morgan fingerprint density at radius 2 is 1.76 bits per heavy atom. The van der Waals surface area contributed by atoms with Crippen LogP contribution in [0.15, 0.2) is 12.1 Å². The van der Waals surface area contributed by atoms with E-state index >= 15 is 0 Å². The van der Waals surface area contributed by atoms with Gasteiger partial charge in [-0.15, -0.1) is 11.3 Å². The molecule has 2 aromatic rings. The number of aryl methyl sites for hydroxylation is 4. The Morgan fingerprint density at radius 1 is 1.12 bits per heavy atom. The van der Waals surface area contributed by atoms with Crippen molar-refractivity contribution in [3.63, 3.8) is 0 Å². The number of carbonyl (C=O) groups is 2. The van der Waals surface area contributed by atoms with Crippen LogP contribution in [0.2, 0.25) is 0 Å². The maximum atomic E-state index is 12.9. The smallest absolute Gasteiger partial charge is 0.245 e. The average Bonchev–Trinajstić information content (AvgIpc) is 3.03. The Balaban J connectivity index is 1.99. The number of Topliss-reactive ketones (excluding diaryl/α,β-unsaturated/α-hetero) is 1. The third-order valence-electron chi connectivity index (χ3n) is 5.60. The molecule has 1 atom stereocenters. The second-order valence-corrected chi connectivity index (χ2v) is 10.3. The zero-order valence-electron chi connectivity index (χ0n) is 20.6. The van der Waals surface area contributed by atoms with Crippen molar-refractivity contribution < 1.29 is 24.5 Å². The van der Waals surface area contributed by atoms with E-state index in [2.05, 4.69) is 33.0 Å². The molecule has 0 bridgehead atoms. The molecule has 182 valence electrons. The number of aliphatic hydroxyl groups excluding tert-OH is 2. The van der Waals surface area contributed by atoms with Crippen LogP contribution in [0.1, 0.15) is 62.6 Å². The van der Waals surface area contributed by atoms with Crippen molar-refractivity contribution in [1.82, 2.24) is 5.32 Å². The molecule has 0 aliphatic rings. The number of ketones is 1. The summed E-state index contributed by atoms with van der Waals surface area (Å²) in [6.07, 6.45) is 1.25. The number of carbonyl (C=O) groups excluding carboxylic acids is 2. The fraction of sp³-hybridized carbons (Fsp3) is 0.538. The van der Waals surface area contributed by atoms with Gasteiger partial charge in [0.15, 0.2) is 5.78 Å². The molecule has 0 spiro atoms. The molecule has 1 amide bonds. The molecule has 33 heavy (non-hydrogen) atoms. The molecule has 0 saturated heterocycles. The summed E-state index contributed by atoms with van der Waals surface area (Å²) in [6, 6.07) is 4.04. The van der Waals surface area contributed by atoms with Gasteiger partial charge in [0.05, 0.1) is 4.88 Å².